The Morgan fingerprint density at radius 1 is 0.541 bits per heavy atom. The summed E-state index contributed by atoms with van der Waals surface area (Å²) in [5.41, 5.74) is 0.595. The molecule has 2 fully saturated rings. The Labute approximate surface area is 232 Å². The first kappa shape index (κ1) is 30.7. The fourth-order valence-corrected chi connectivity index (χ4v) is 3.70. The summed E-state index contributed by atoms with van der Waals surface area (Å²) in [6.45, 7) is 0. The van der Waals surface area contributed by atoms with E-state index in [1.165, 1.54) is 75.6 Å². The molecule has 2 nitrogen and oxygen atoms in total. The van der Waals surface area contributed by atoms with E-state index in [9.17, 15) is 17.6 Å². The Morgan fingerprint density at radius 2 is 0.865 bits per heavy atom. The second-order valence-corrected chi connectivity index (χ2v) is 8.34. The summed E-state index contributed by atoms with van der Waals surface area (Å²) < 4.78 is 54.3. The largest absolute Gasteiger partial charge is 4.00 e. The molecule has 2 saturated carbocycles. The van der Waals surface area contributed by atoms with Gasteiger partial charge in [-0.3, -0.25) is 0 Å². The van der Waals surface area contributed by atoms with Crippen LogP contribution in [0.5, 0.6) is 0 Å². The SMILES string of the molecule is Fc1[c-]c(F)c(-n2cccc2)cc1.Fc1[c-]c(F)c(-n2cccc2)cc1.[CH-]1CCCC1.[CH-]1CCCC1.[Ti+4]. The third-order valence-electron chi connectivity index (χ3n) is 5.58. The summed E-state index contributed by atoms with van der Waals surface area (Å²) >= 11 is 0. The number of benzene rings is 2. The van der Waals surface area contributed by atoms with E-state index in [-0.39, 0.29) is 21.7 Å². The molecule has 192 valence electrons. The molecule has 37 heavy (non-hydrogen) atoms. The molecule has 2 aromatic carbocycles. The monoisotopic (exact) mass is 542 g/mol. The summed E-state index contributed by atoms with van der Waals surface area (Å²) in [5, 5.41) is 0. The first-order chi connectivity index (χ1) is 17.5. The van der Waals surface area contributed by atoms with Crippen LogP contribution in [0.15, 0.2) is 73.3 Å². The van der Waals surface area contributed by atoms with Crippen molar-refractivity contribution in [1.82, 2.24) is 9.13 Å². The van der Waals surface area contributed by atoms with Gasteiger partial charge in [-0.2, -0.15) is 25.7 Å². The summed E-state index contributed by atoms with van der Waals surface area (Å²) in [4.78, 5) is 0. The molecule has 0 radical (unpaired) electrons. The molecule has 0 unspecified atom stereocenters. The Balaban J connectivity index is 0.000000187. The topological polar surface area (TPSA) is 9.86 Å². The number of halogens is 4. The molecule has 0 saturated heterocycles. The van der Waals surface area contributed by atoms with Gasteiger partial charge in [0.05, 0.1) is 0 Å². The molecule has 6 rings (SSSR count). The maximum atomic E-state index is 13.1. The van der Waals surface area contributed by atoms with E-state index >= 15 is 0 Å². The van der Waals surface area contributed by atoms with Gasteiger partial charge in [-0.1, -0.05) is 25.7 Å². The summed E-state index contributed by atoms with van der Waals surface area (Å²) in [6.07, 6.45) is 22.7. The second-order valence-electron chi connectivity index (χ2n) is 8.34. The van der Waals surface area contributed by atoms with Crippen LogP contribution in [-0.2, 0) is 21.7 Å². The molecule has 7 heteroatoms. The fourth-order valence-electron chi connectivity index (χ4n) is 3.70. The molecule has 2 aliphatic rings. The van der Waals surface area contributed by atoms with E-state index in [2.05, 4.69) is 12.8 Å². The van der Waals surface area contributed by atoms with E-state index in [1.54, 1.807) is 58.2 Å². The van der Waals surface area contributed by atoms with E-state index in [0.29, 0.717) is 11.4 Å². The number of aromatic nitrogens is 2. The normalized spacial score (nSPS) is 13.7. The maximum absolute atomic E-state index is 13.1. The quantitative estimate of drug-likeness (QED) is 0.136. The van der Waals surface area contributed by atoms with Gasteiger partial charge in [0.1, 0.15) is 0 Å². The van der Waals surface area contributed by atoms with Crippen LogP contribution in [0.4, 0.5) is 17.6 Å². The zero-order valence-corrected chi connectivity index (χ0v) is 22.2. The molecule has 0 N–H and O–H groups in total. The third-order valence-corrected chi connectivity index (χ3v) is 5.58. The smallest absolute Gasteiger partial charge is 0.375 e. The van der Waals surface area contributed by atoms with E-state index in [4.69, 9.17) is 0 Å². The minimum Gasteiger partial charge on any atom is -0.375 e. The molecule has 4 aromatic rings. The van der Waals surface area contributed by atoms with Crippen LogP contribution < -0.4 is 0 Å². The Morgan fingerprint density at radius 3 is 1.11 bits per heavy atom. The van der Waals surface area contributed by atoms with Crippen LogP contribution in [0, 0.1) is 48.2 Å². The van der Waals surface area contributed by atoms with Gasteiger partial charge in [-0.05, 0) is 60.4 Å². The second kappa shape index (κ2) is 17.0. The van der Waals surface area contributed by atoms with E-state index < -0.39 is 23.3 Å². The van der Waals surface area contributed by atoms with Crippen molar-refractivity contribution in [2.75, 3.05) is 0 Å². The predicted octanol–water partition coefficient (Wildman–Crippen LogP) is 8.64. The van der Waals surface area contributed by atoms with Gasteiger partial charge < -0.3 is 22.0 Å². The van der Waals surface area contributed by atoms with Crippen molar-refractivity contribution in [2.45, 2.75) is 51.4 Å². The average molecular weight is 542 g/mol. The van der Waals surface area contributed by atoms with E-state index in [0.717, 1.165) is 0 Å². The van der Waals surface area contributed by atoms with Crippen molar-refractivity contribution in [1.29, 1.82) is 0 Å². The van der Waals surface area contributed by atoms with E-state index in [1.807, 2.05) is 12.1 Å². The summed E-state index contributed by atoms with van der Waals surface area (Å²) in [7, 11) is 0. The maximum Gasteiger partial charge on any atom is 4.00 e. The molecule has 2 aliphatic carbocycles. The zero-order valence-electron chi connectivity index (χ0n) is 20.6. The van der Waals surface area contributed by atoms with Crippen molar-refractivity contribution in [3.63, 3.8) is 0 Å². The third kappa shape index (κ3) is 10.8. The standard InChI is InChI=1S/2C10H6F2N.2C5H9.Ti/c2*11-8-3-4-10(9(12)7-8)13-5-1-2-6-13;2*1-2-4-5-3-1;/h2*1-6H;2*1H,2-5H2;/q4*-1;+4. The average Bonchev–Trinajstić information content (AvgIpc) is 3.69. The first-order valence-corrected chi connectivity index (χ1v) is 12.2. The van der Waals surface area contributed by atoms with Crippen molar-refractivity contribution < 1.29 is 39.3 Å². The van der Waals surface area contributed by atoms with Crippen LogP contribution in [0.25, 0.3) is 11.4 Å². The molecular weight excluding hydrogens is 512 g/mol. The molecule has 0 spiro atoms. The van der Waals surface area contributed by atoms with Gasteiger partial charge in [-0.25, -0.2) is 17.6 Å². The van der Waals surface area contributed by atoms with Crippen molar-refractivity contribution >= 4 is 0 Å². The van der Waals surface area contributed by atoms with Gasteiger partial charge >= 0.3 is 21.7 Å². The minimum atomic E-state index is -0.687. The first-order valence-electron chi connectivity index (χ1n) is 12.2. The van der Waals surface area contributed by atoms with Gasteiger partial charge in [0, 0.05) is 23.3 Å². The number of hydrogen-bond acceptors (Lipinski definition) is 0. The molecule has 2 heterocycles. The van der Waals surface area contributed by atoms with Gasteiger partial charge in [0.15, 0.2) is 0 Å². The molecule has 2 aromatic heterocycles. The molecule has 0 aliphatic heterocycles. The van der Waals surface area contributed by atoms with Gasteiger partial charge in [0.2, 0.25) is 0 Å². The predicted molar refractivity (Wildman–Crippen MR) is 135 cm³/mol. The molecular formula is C30H30F4N2Ti. The Hall–Kier alpha value is -2.57. The number of hydrogen-bond donors (Lipinski definition) is 0. The molecule has 0 amide bonds. The van der Waals surface area contributed by atoms with Gasteiger partial charge in [-0.15, -0.1) is 36.4 Å². The van der Waals surface area contributed by atoms with Crippen LogP contribution in [0.2, 0.25) is 0 Å². The summed E-state index contributed by atoms with van der Waals surface area (Å²) in [5.74, 6) is -2.74. The van der Waals surface area contributed by atoms with Crippen molar-refractivity contribution in [3.05, 3.63) is 122 Å². The fraction of sp³-hybridized carbons (Fsp3) is 0.267. The van der Waals surface area contributed by atoms with Crippen molar-refractivity contribution in [3.8, 4) is 11.4 Å². The Bertz CT molecular complexity index is 1030. The zero-order chi connectivity index (χ0) is 25.6. The van der Waals surface area contributed by atoms with Crippen LogP contribution in [0.1, 0.15) is 51.4 Å². The van der Waals surface area contributed by atoms with Crippen LogP contribution in [-0.4, -0.2) is 9.13 Å². The molecule has 0 atom stereocenters. The van der Waals surface area contributed by atoms with Crippen LogP contribution >= 0.6 is 0 Å². The summed E-state index contributed by atoms with van der Waals surface area (Å²) in [6, 6.07) is 16.1. The van der Waals surface area contributed by atoms with Gasteiger partial charge in [0.25, 0.3) is 0 Å². The Kier molecular flexibility index (Phi) is 14.1. The minimum absolute atomic E-state index is 0. The molecule has 0 bridgehead atoms. The van der Waals surface area contributed by atoms with Crippen LogP contribution in [0.3, 0.4) is 0 Å². The number of nitrogens with zero attached hydrogens (tertiary/aromatic N) is 2. The number of rotatable bonds is 2. The van der Waals surface area contributed by atoms with Crippen molar-refractivity contribution in [2.24, 2.45) is 0 Å².